The number of aromatic nitrogens is 4. The first-order chi connectivity index (χ1) is 14.0. The molecule has 0 aliphatic carbocycles. The van der Waals surface area contributed by atoms with Gasteiger partial charge in [0.1, 0.15) is 0 Å². The third-order valence-electron chi connectivity index (χ3n) is 4.34. The molecule has 0 radical (unpaired) electrons. The summed E-state index contributed by atoms with van der Waals surface area (Å²) in [5.41, 5.74) is 8.21. The maximum absolute atomic E-state index is 12.0. The lowest BCUT2D eigenvalue weighted by Crippen LogP contribution is -2.03. The Balaban J connectivity index is 1.69. The standard InChI is InChI=1S/C20H17N5O3S/c1-2-29(26,27)15-10-8-13(9-11-15)16-12-22-18(21)17(23-16)20-25-24-19(28-20)14-6-4-3-5-7-14/h3-12H,2H2,1H3,(H2,21,22). The van der Waals surface area contributed by atoms with E-state index in [1.54, 1.807) is 31.2 Å². The van der Waals surface area contributed by atoms with Crippen LogP contribution in [0.15, 0.2) is 70.1 Å². The van der Waals surface area contributed by atoms with Gasteiger partial charge in [-0.25, -0.2) is 18.4 Å². The summed E-state index contributed by atoms with van der Waals surface area (Å²) in [6.07, 6.45) is 1.51. The molecule has 0 fully saturated rings. The van der Waals surface area contributed by atoms with Gasteiger partial charge in [-0.3, -0.25) is 0 Å². The average molecular weight is 407 g/mol. The van der Waals surface area contributed by atoms with Gasteiger partial charge in [-0.2, -0.15) is 0 Å². The minimum absolute atomic E-state index is 0.0408. The molecular formula is C20H17N5O3S. The van der Waals surface area contributed by atoms with Gasteiger partial charge in [-0.05, 0) is 24.3 Å². The number of nitrogen functional groups attached to an aromatic ring is 1. The summed E-state index contributed by atoms with van der Waals surface area (Å²) in [6.45, 7) is 1.61. The lowest BCUT2D eigenvalue weighted by atomic mass is 10.1. The molecule has 2 aromatic heterocycles. The fourth-order valence-electron chi connectivity index (χ4n) is 2.71. The van der Waals surface area contributed by atoms with Crippen LogP contribution in [0, 0.1) is 0 Å². The van der Waals surface area contributed by atoms with Crippen LogP contribution in [0.1, 0.15) is 6.92 Å². The number of hydrogen-bond donors (Lipinski definition) is 1. The fraction of sp³-hybridized carbons (Fsp3) is 0.100. The van der Waals surface area contributed by atoms with Crippen molar-refractivity contribution in [2.75, 3.05) is 11.5 Å². The highest BCUT2D eigenvalue weighted by atomic mass is 32.2. The smallest absolute Gasteiger partial charge is 0.270 e. The summed E-state index contributed by atoms with van der Waals surface area (Å²) in [5.74, 6) is 0.698. The van der Waals surface area contributed by atoms with Crippen molar-refractivity contribution in [2.45, 2.75) is 11.8 Å². The van der Waals surface area contributed by atoms with Crippen molar-refractivity contribution in [3.63, 3.8) is 0 Å². The van der Waals surface area contributed by atoms with E-state index in [0.717, 1.165) is 5.56 Å². The average Bonchev–Trinajstić information content (AvgIpc) is 3.25. The van der Waals surface area contributed by atoms with E-state index < -0.39 is 9.84 Å². The Kier molecular flexibility index (Phi) is 4.81. The molecule has 146 valence electrons. The zero-order valence-corrected chi connectivity index (χ0v) is 16.3. The number of sulfone groups is 1. The van der Waals surface area contributed by atoms with Crippen LogP contribution < -0.4 is 5.73 Å². The molecule has 0 aliphatic rings. The Morgan fingerprint density at radius 2 is 1.62 bits per heavy atom. The highest BCUT2D eigenvalue weighted by Gasteiger charge is 2.17. The van der Waals surface area contributed by atoms with E-state index in [4.69, 9.17) is 10.2 Å². The highest BCUT2D eigenvalue weighted by molar-refractivity contribution is 7.91. The molecule has 0 spiro atoms. The number of benzene rings is 2. The highest BCUT2D eigenvalue weighted by Crippen LogP contribution is 2.28. The summed E-state index contributed by atoms with van der Waals surface area (Å²) >= 11 is 0. The number of nitrogens with two attached hydrogens (primary N) is 1. The van der Waals surface area contributed by atoms with E-state index in [9.17, 15) is 8.42 Å². The molecular weight excluding hydrogens is 390 g/mol. The van der Waals surface area contributed by atoms with E-state index in [-0.39, 0.29) is 28.1 Å². The van der Waals surface area contributed by atoms with E-state index in [0.29, 0.717) is 17.1 Å². The molecule has 0 atom stereocenters. The van der Waals surface area contributed by atoms with Crippen molar-refractivity contribution in [2.24, 2.45) is 0 Å². The molecule has 0 aliphatic heterocycles. The number of hydrogen-bond acceptors (Lipinski definition) is 8. The zero-order chi connectivity index (χ0) is 20.4. The minimum atomic E-state index is -3.27. The monoisotopic (exact) mass is 407 g/mol. The van der Waals surface area contributed by atoms with Crippen molar-refractivity contribution in [1.82, 2.24) is 20.2 Å². The van der Waals surface area contributed by atoms with Gasteiger partial charge in [-0.1, -0.05) is 37.3 Å². The molecule has 8 nitrogen and oxygen atoms in total. The molecule has 0 saturated heterocycles. The van der Waals surface area contributed by atoms with E-state index in [1.807, 2.05) is 30.3 Å². The molecule has 2 aromatic carbocycles. The lowest BCUT2D eigenvalue weighted by molar-refractivity contribution is 0.582. The lowest BCUT2D eigenvalue weighted by Gasteiger charge is -2.06. The maximum Gasteiger partial charge on any atom is 0.270 e. The number of rotatable bonds is 5. The van der Waals surface area contributed by atoms with E-state index in [2.05, 4.69) is 20.2 Å². The molecule has 0 amide bonds. The predicted octanol–water partition coefficient (Wildman–Crippen LogP) is 3.24. The second kappa shape index (κ2) is 7.44. The number of nitrogens with zero attached hydrogens (tertiary/aromatic N) is 4. The van der Waals surface area contributed by atoms with Crippen LogP contribution >= 0.6 is 0 Å². The molecule has 0 bridgehead atoms. The van der Waals surface area contributed by atoms with Gasteiger partial charge in [-0.15, -0.1) is 10.2 Å². The van der Waals surface area contributed by atoms with Gasteiger partial charge < -0.3 is 10.2 Å². The molecule has 29 heavy (non-hydrogen) atoms. The summed E-state index contributed by atoms with van der Waals surface area (Å²) in [7, 11) is -3.27. The van der Waals surface area contributed by atoms with Crippen LogP contribution in [-0.4, -0.2) is 34.3 Å². The summed E-state index contributed by atoms with van der Waals surface area (Å²) in [4.78, 5) is 8.93. The van der Waals surface area contributed by atoms with Gasteiger partial charge in [0.15, 0.2) is 21.3 Å². The molecule has 0 unspecified atom stereocenters. The van der Waals surface area contributed by atoms with Crippen molar-refractivity contribution in [3.8, 4) is 34.3 Å². The second-order valence-electron chi connectivity index (χ2n) is 6.20. The third-order valence-corrected chi connectivity index (χ3v) is 6.09. The summed E-state index contributed by atoms with van der Waals surface area (Å²) < 4.78 is 29.7. The van der Waals surface area contributed by atoms with Gasteiger partial charge >= 0.3 is 0 Å². The first-order valence-electron chi connectivity index (χ1n) is 8.83. The van der Waals surface area contributed by atoms with E-state index in [1.165, 1.54) is 6.20 Å². The van der Waals surface area contributed by atoms with Crippen molar-refractivity contribution in [1.29, 1.82) is 0 Å². The SMILES string of the molecule is CCS(=O)(=O)c1ccc(-c2cnc(N)c(-c3nnc(-c4ccccc4)o3)n2)cc1. The zero-order valence-electron chi connectivity index (χ0n) is 15.5. The summed E-state index contributed by atoms with van der Waals surface area (Å²) in [5, 5.41) is 8.09. The maximum atomic E-state index is 12.0. The Morgan fingerprint density at radius 3 is 2.31 bits per heavy atom. The van der Waals surface area contributed by atoms with Crippen LogP contribution in [0.5, 0.6) is 0 Å². The fourth-order valence-corrected chi connectivity index (χ4v) is 3.59. The molecule has 2 N–H and O–H groups in total. The molecule has 2 heterocycles. The largest absolute Gasteiger partial charge is 0.414 e. The Hall–Kier alpha value is -3.59. The first-order valence-corrected chi connectivity index (χ1v) is 10.5. The summed E-state index contributed by atoms with van der Waals surface area (Å²) in [6, 6.07) is 15.8. The van der Waals surface area contributed by atoms with Gasteiger partial charge in [0.25, 0.3) is 5.89 Å². The quantitative estimate of drug-likeness (QED) is 0.534. The van der Waals surface area contributed by atoms with Crippen molar-refractivity contribution < 1.29 is 12.8 Å². The minimum Gasteiger partial charge on any atom is -0.414 e. The molecule has 0 saturated carbocycles. The Bertz CT molecular complexity index is 1250. The topological polar surface area (TPSA) is 125 Å². The van der Waals surface area contributed by atoms with Crippen LogP contribution in [0.3, 0.4) is 0 Å². The second-order valence-corrected chi connectivity index (χ2v) is 8.47. The van der Waals surface area contributed by atoms with Gasteiger partial charge in [0, 0.05) is 11.1 Å². The number of anilines is 1. The van der Waals surface area contributed by atoms with Crippen LogP contribution in [0.2, 0.25) is 0 Å². The Morgan fingerprint density at radius 1 is 0.931 bits per heavy atom. The van der Waals surface area contributed by atoms with Crippen LogP contribution in [-0.2, 0) is 9.84 Å². The Labute approximate surface area is 167 Å². The third kappa shape index (κ3) is 3.72. The van der Waals surface area contributed by atoms with Gasteiger partial charge in [0.05, 0.1) is 22.5 Å². The van der Waals surface area contributed by atoms with Crippen LogP contribution in [0.4, 0.5) is 5.82 Å². The van der Waals surface area contributed by atoms with E-state index >= 15 is 0 Å². The van der Waals surface area contributed by atoms with Crippen molar-refractivity contribution in [3.05, 3.63) is 60.8 Å². The molecule has 9 heteroatoms. The first kappa shape index (κ1) is 18.8. The normalized spacial score (nSPS) is 11.5. The predicted molar refractivity (Wildman–Crippen MR) is 108 cm³/mol. The molecule has 4 rings (SSSR count). The van der Waals surface area contributed by atoms with Crippen molar-refractivity contribution >= 4 is 15.7 Å². The molecule has 4 aromatic rings. The van der Waals surface area contributed by atoms with Crippen LogP contribution in [0.25, 0.3) is 34.3 Å². The van der Waals surface area contributed by atoms with Gasteiger partial charge in [0.2, 0.25) is 5.89 Å².